The van der Waals surface area contributed by atoms with Gasteiger partial charge in [0, 0.05) is 29.6 Å². The molecule has 0 aromatic carbocycles. The van der Waals surface area contributed by atoms with Gasteiger partial charge in [0.2, 0.25) is 5.91 Å². The molecule has 1 atom stereocenters. The molecular weight excluding hydrogens is 238 g/mol. The molecule has 1 aliphatic heterocycles. The van der Waals surface area contributed by atoms with E-state index in [-0.39, 0.29) is 23.4 Å². The fraction of sp³-hybridized carbons (Fsp3) is 0.917. The number of likely N-dealkylation sites (tertiary alicyclic amines) is 1. The zero-order valence-electron chi connectivity index (χ0n) is 11.2. The average Bonchev–Trinajstić information content (AvgIpc) is 2.22. The zero-order valence-corrected chi connectivity index (χ0v) is 12.0. The molecule has 100 valence electrons. The molecule has 0 bridgehead atoms. The van der Waals surface area contributed by atoms with Gasteiger partial charge in [-0.15, -0.1) is 0 Å². The minimum atomic E-state index is -1.01. The number of amides is 1. The number of carbonyl (C=O) groups is 1. The van der Waals surface area contributed by atoms with Crippen molar-refractivity contribution in [2.24, 2.45) is 0 Å². The van der Waals surface area contributed by atoms with Crippen LogP contribution in [0, 0.1) is 0 Å². The van der Waals surface area contributed by atoms with E-state index < -0.39 is 10.8 Å². The third-order valence-electron chi connectivity index (χ3n) is 3.14. The van der Waals surface area contributed by atoms with Crippen LogP contribution < -0.4 is 0 Å². The lowest BCUT2D eigenvalue weighted by Crippen LogP contribution is -2.57. The first-order valence-electron chi connectivity index (χ1n) is 6.18. The fourth-order valence-electron chi connectivity index (χ4n) is 1.58. The Morgan fingerprint density at radius 3 is 2.47 bits per heavy atom. The van der Waals surface area contributed by atoms with Crippen LogP contribution >= 0.6 is 0 Å². The largest absolute Gasteiger partial charge is 0.369 e. The van der Waals surface area contributed by atoms with Crippen LogP contribution in [0.25, 0.3) is 0 Å². The minimum absolute atomic E-state index is 0.0145. The smallest absolute Gasteiger partial charge is 0.235 e. The van der Waals surface area contributed by atoms with Crippen LogP contribution in [0.15, 0.2) is 0 Å². The molecule has 17 heavy (non-hydrogen) atoms. The SMILES string of the molecule is CCS(=O)CC(=O)N1CC(OC(C)(C)CC)C1. The molecule has 0 spiro atoms. The van der Waals surface area contributed by atoms with Gasteiger partial charge in [-0.2, -0.15) is 0 Å². The molecule has 1 amide bonds. The molecule has 1 aliphatic rings. The maximum absolute atomic E-state index is 11.7. The highest BCUT2D eigenvalue weighted by Gasteiger charge is 2.34. The summed E-state index contributed by atoms with van der Waals surface area (Å²) in [5, 5.41) is 0. The van der Waals surface area contributed by atoms with Crippen LogP contribution in [-0.2, 0) is 20.3 Å². The van der Waals surface area contributed by atoms with E-state index in [1.54, 1.807) is 4.90 Å². The predicted molar refractivity (Wildman–Crippen MR) is 69.4 cm³/mol. The molecule has 0 aromatic heterocycles. The summed E-state index contributed by atoms with van der Waals surface area (Å²) in [7, 11) is -1.01. The normalized spacial score (nSPS) is 18.9. The monoisotopic (exact) mass is 261 g/mol. The second-order valence-electron chi connectivity index (χ2n) is 5.02. The molecule has 0 radical (unpaired) electrons. The third-order valence-corrected chi connectivity index (χ3v) is 4.36. The van der Waals surface area contributed by atoms with E-state index in [9.17, 15) is 9.00 Å². The van der Waals surface area contributed by atoms with Crippen LogP contribution in [0.5, 0.6) is 0 Å². The lowest BCUT2D eigenvalue weighted by molar-refractivity contribution is -0.158. The van der Waals surface area contributed by atoms with E-state index in [4.69, 9.17) is 4.74 Å². The molecule has 1 unspecified atom stereocenters. The summed E-state index contributed by atoms with van der Waals surface area (Å²) in [4.78, 5) is 13.4. The summed E-state index contributed by atoms with van der Waals surface area (Å²) in [6.07, 6.45) is 1.10. The number of hydrogen-bond donors (Lipinski definition) is 0. The van der Waals surface area contributed by atoms with Crippen LogP contribution in [-0.4, -0.2) is 51.3 Å². The van der Waals surface area contributed by atoms with Crippen LogP contribution in [0.3, 0.4) is 0 Å². The van der Waals surface area contributed by atoms with Crippen molar-refractivity contribution in [1.82, 2.24) is 4.90 Å². The van der Waals surface area contributed by atoms with Gasteiger partial charge in [0.25, 0.3) is 0 Å². The molecule has 0 aromatic rings. The van der Waals surface area contributed by atoms with Gasteiger partial charge in [-0.3, -0.25) is 9.00 Å². The first-order chi connectivity index (χ1) is 7.88. The highest BCUT2D eigenvalue weighted by atomic mass is 32.2. The Balaban J connectivity index is 2.27. The van der Waals surface area contributed by atoms with Gasteiger partial charge in [-0.1, -0.05) is 13.8 Å². The lowest BCUT2D eigenvalue weighted by Gasteiger charge is -2.42. The molecule has 0 aliphatic carbocycles. The Kier molecular flexibility index (Phi) is 5.13. The van der Waals surface area contributed by atoms with Crippen molar-refractivity contribution in [3.05, 3.63) is 0 Å². The third kappa shape index (κ3) is 4.39. The molecule has 1 rings (SSSR count). The number of ether oxygens (including phenoxy) is 1. The summed E-state index contributed by atoms with van der Waals surface area (Å²) < 4.78 is 17.1. The van der Waals surface area contributed by atoms with E-state index in [1.807, 2.05) is 6.92 Å². The van der Waals surface area contributed by atoms with Gasteiger partial charge in [0.15, 0.2) is 0 Å². The summed E-state index contributed by atoms with van der Waals surface area (Å²) in [6, 6.07) is 0. The van der Waals surface area contributed by atoms with Gasteiger partial charge in [0.05, 0.1) is 11.7 Å². The van der Waals surface area contributed by atoms with Crippen LogP contribution in [0.2, 0.25) is 0 Å². The van der Waals surface area contributed by atoms with E-state index in [2.05, 4.69) is 20.8 Å². The maximum Gasteiger partial charge on any atom is 0.235 e. The Morgan fingerprint density at radius 2 is 2.00 bits per heavy atom. The summed E-state index contributed by atoms with van der Waals surface area (Å²) in [5.74, 6) is 0.683. The van der Waals surface area contributed by atoms with Crippen molar-refractivity contribution in [3.8, 4) is 0 Å². The van der Waals surface area contributed by atoms with Crippen molar-refractivity contribution in [2.45, 2.75) is 45.8 Å². The number of hydrogen-bond acceptors (Lipinski definition) is 3. The number of carbonyl (C=O) groups excluding carboxylic acids is 1. The Bertz CT molecular complexity index is 298. The Labute approximate surface area is 106 Å². The zero-order chi connectivity index (χ0) is 13.1. The highest BCUT2D eigenvalue weighted by molar-refractivity contribution is 7.85. The lowest BCUT2D eigenvalue weighted by atomic mass is 10.0. The van der Waals surface area contributed by atoms with E-state index in [1.165, 1.54) is 0 Å². The van der Waals surface area contributed by atoms with Gasteiger partial charge in [-0.05, 0) is 20.3 Å². The molecule has 0 saturated carbocycles. The highest BCUT2D eigenvalue weighted by Crippen LogP contribution is 2.22. The molecule has 4 nitrogen and oxygen atoms in total. The molecular formula is C12H23NO3S. The topological polar surface area (TPSA) is 46.6 Å². The van der Waals surface area contributed by atoms with E-state index >= 15 is 0 Å². The number of nitrogens with zero attached hydrogens (tertiary/aromatic N) is 1. The standard InChI is InChI=1S/C12H23NO3S/c1-5-12(3,4)16-10-7-13(8-10)11(14)9-17(15)6-2/h10H,5-9H2,1-4H3. The molecule has 1 fully saturated rings. The maximum atomic E-state index is 11.7. The Morgan fingerprint density at radius 1 is 1.41 bits per heavy atom. The van der Waals surface area contributed by atoms with Gasteiger partial charge >= 0.3 is 0 Å². The van der Waals surface area contributed by atoms with Crippen molar-refractivity contribution in [1.29, 1.82) is 0 Å². The first-order valence-corrected chi connectivity index (χ1v) is 7.67. The van der Waals surface area contributed by atoms with Crippen LogP contribution in [0.1, 0.15) is 34.1 Å². The quantitative estimate of drug-likeness (QED) is 0.721. The second kappa shape index (κ2) is 5.96. The second-order valence-corrected chi connectivity index (χ2v) is 6.77. The predicted octanol–water partition coefficient (Wildman–Crippen LogP) is 1.17. The minimum Gasteiger partial charge on any atom is -0.369 e. The number of rotatable bonds is 6. The van der Waals surface area contributed by atoms with E-state index in [0.29, 0.717) is 18.8 Å². The van der Waals surface area contributed by atoms with Crippen molar-refractivity contribution < 1.29 is 13.7 Å². The summed E-state index contributed by atoms with van der Waals surface area (Å²) in [6.45, 7) is 9.32. The Hall–Kier alpha value is -0.420. The van der Waals surface area contributed by atoms with Crippen molar-refractivity contribution in [3.63, 3.8) is 0 Å². The summed E-state index contributed by atoms with van der Waals surface area (Å²) >= 11 is 0. The average molecular weight is 261 g/mol. The van der Waals surface area contributed by atoms with Gasteiger partial charge in [-0.25, -0.2) is 0 Å². The first kappa shape index (κ1) is 14.6. The summed E-state index contributed by atoms with van der Waals surface area (Å²) in [5.41, 5.74) is -0.119. The van der Waals surface area contributed by atoms with Crippen molar-refractivity contribution >= 4 is 16.7 Å². The molecule has 5 heteroatoms. The molecule has 1 heterocycles. The fourth-order valence-corrected chi connectivity index (χ4v) is 2.24. The van der Waals surface area contributed by atoms with Gasteiger partial charge in [0.1, 0.15) is 5.75 Å². The van der Waals surface area contributed by atoms with Crippen LogP contribution in [0.4, 0.5) is 0 Å². The van der Waals surface area contributed by atoms with E-state index in [0.717, 1.165) is 6.42 Å². The molecule has 1 saturated heterocycles. The molecule has 0 N–H and O–H groups in total. The van der Waals surface area contributed by atoms with Crippen molar-refractivity contribution in [2.75, 3.05) is 24.6 Å². The van der Waals surface area contributed by atoms with Gasteiger partial charge < -0.3 is 9.64 Å².